The van der Waals surface area contributed by atoms with Gasteiger partial charge in [0.1, 0.15) is 17.8 Å². The van der Waals surface area contributed by atoms with E-state index in [4.69, 9.17) is 13.9 Å². The van der Waals surface area contributed by atoms with Crippen LogP contribution in [0.4, 0.5) is 0 Å². The molecule has 4 aliphatic carbocycles. The molecule has 6 rings (SSSR count). The van der Waals surface area contributed by atoms with Crippen molar-refractivity contribution in [1.29, 1.82) is 0 Å². The van der Waals surface area contributed by atoms with Crippen LogP contribution < -0.4 is 0 Å². The molecule has 1 spiro atoms. The average molecular weight is 467 g/mol. The summed E-state index contributed by atoms with van der Waals surface area (Å²) in [5.74, 6) is -0.280. The molecular weight excluding hydrogens is 432 g/mol. The molecule has 182 valence electrons. The van der Waals surface area contributed by atoms with Gasteiger partial charge in [0.2, 0.25) is 0 Å². The Morgan fingerprint density at radius 3 is 2.50 bits per heavy atom. The number of epoxide rings is 1. The van der Waals surface area contributed by atoms with Crippen LogP contribution in [0.25, 0.3) is 0 Å². The monoisotopic (exact) mass is 466 g/mol. The fourth-order valence-electron chi connectivity index (χ4n) is 9.55. The number of carbonyl (C=O) groups is 3. The van der Waals surface area contributed by atoms with Crippen molar-refractivity contribution in [3.05, 3.63) is 36.3 Å². The van der Waals surface area contributed by atoms with Gasteiger partial charge >= 0.3 is 5.97 Å². The summed E-state index contributed by atoms with van der Waals surface area (Å²) >= 11 is 0. The zero-order valence-electron chi connectivity index (χ0n) is 20.8. The average Bonchev–Trinajstić information content (AvgIpc) is 3.24. The van der Waals surface area contributed by atoms with Crippen LogP contribution in [0.5, 0.6) is 0 Å². The highest BCUT2D eigenvalue weighted by molar-refractivity contribution is 5.99. The number of rotatable bonds is 2. The van der Waals surface area contributed by atoms with E-state index in [-0.39, 0.29) is 40.7 Å². The summed E-state index contributed by atoms with van der Waals surface area (Å²) in [4.78, 5) is 39.0. The standard InChI is InChI=1S/C28H34O6/c1-15(29)33-20-13-18-24(2,3)19(30)8-10-25(18,4)17-7-11-26(5)21(16-9-12-32-14-16)22(31)23-28(26,34-23)27(17,20)6/h8-10,12,14,17-18,20-21,23H,7,11,13H2,1-6H3/t17-,18-,20-,21-,23-,25-,26+,27+,28-/m1/s1. The lowest BCUT2D eigenvalue weighted by atomic mass is 9.36. The van der Waals surface area contributed by atoms with E-state index in [1.54, 1.807) is 18.6 Å². The van der Waals surface area contributed by atoms with Crippen LogP contribution in [-0.4, -0.2) is 35.3 Å². The second kappa shape index (κ2) is 6.31. The second-order valence-electron chi connectivity index (χ2n) is 12.6. The van der Waals surface area contributed by atoms with E-state index in [0.29, 0.717) is 6.42 Å². The van der Waals surface area contributed by atoms with E-state index in [1.807, 2.05) is 19.9 Å². The normalized spacial score (nSPS) is 50.1. The van der Waals surface area contributed by atoms with Crippen molar-refractivity contribution in [2.24, 2.45) is 33.5 Å². The minimum absolute atomic E-state index is 0.0275. The van der Waals surface area contributed by atoms with Crippen LogP contribution in [-0.2, 0) is 23.9 Å². The summed E-state index contributed by atoms with van der Waals surface area (Å²) < 4.78 is 18.0. The topological polar surface area (TPSA) is 86.1 Å². The van der Waals surface area contributed by atoms with Crippen molar-refractivity contribution < 1.29 is 28.3 Å². The molecule has 0 bridgehead atoms. The molecule has 1 saturated heterocycles. The number of carbonyl (C=O) groups excluding carboxylic acids is 3. The van der Waals surface area contributed by atoms with Crippen LogP contribution >= 0.6 is 0 Å². The Labute approximate surface area is 200 Å². The number of furan rings is 1. The number of Topliss-reactive ketones (excluding diaryl/α,β-unsaturated/α-hetero) is 1. The van der Waals surface area contributed by atoms with Gasteiger partial charge in [-0.05, 0) is 48.7 Å². The molecule has 0 radical (unpaired) electrons. The maximum Gasteiger partial charge on any atom is 0.302 e. The van der Waals surface area contributed by atoms with Crippen molar-refractivity contribution >= 4 is 17.5 Å². The van der Waals surface area contributed by atoms with Crippen molar-refractivity contribution in [2.75, 3.05) is 0 Å². The van der Waals surface area contributed by atoms with Gasteiger partial charge in [0.15, 0.2) is 11.6 Å². The Balaban J connectivity index is 1.54. The molecule has 5 aliphatic rings. The van der Waals surface area contributed by atoms with Crippen LogP contribution in [0.2, 0.25) is 0 Å². The third-order valence-electron chi connectivity index (χ3n) is 11.0. The van der Waals surface area contributed by atoms with Gasteiger partial charge in [-0.3, -0.25) is 14.4 Å². The highest BCUT2D eigenvalue weighted by Crippen LogP contribution is 2.81. The molecule has 0 unspecified atom stereocenters. The highest BCUT2D eigenvalue weighted by atomic mass is 16.6. The van der Waals surface area contributed by atoms with Gasteiger partial charge in [0.25, 0.3) is 0 Å². The molecule has 3 saturated carbocycles. The van der Waals surface area contributed by atoms with Crippen LogP contribution in [0.3, 0.4) is 0 Å². The Kier molecular flexibility index (Phi) is 4.13. The fraction of sp³-hybridized carbons (Fsp3) is 0.679. The SMILES string of the molecule is CC(=O)O[C@@H]1C[C@@H]2C(C)(C)C(=O)C=C[C@]2(C)[C@H]2CC[C@@]3(C)[C@H](c4ccoc4)C(=O)[C@H]4O[C@]43[C@@]21C. The van der Waals surface area contributed by atoms with Crippen molar-refractivity contribution in [2.45, 2.75) is 84.5 Å². The predicted octanol–water partition coefficient (Wildman–Crippen LogP) is 4.63. The van der Waals surface area contributed by atoms with E-state index < -0.39 is 34.1 Å². The van der Waals surface area contributed by atoms with Gasteiger partial charge in [0.05, 0.1) is 18.4 Å². The third kappa shape index (κ3) is 2.21. The second-order valence-corrected chi connectivity index (χ2v) is 12.6. The van der Waals surface area contributed by atoms with E-state index in [0.717, 1.165) is 18.4 Å². The molecule has 0 aromatic carbocycles. The van der Waals surface area contributed by atoms with E-state index in [9.17, 15) is 14.4 Å². The first-order valence-corrected chi connectivity index (χ1v) is 12.5. The largest absolute Gasteiger partial charge is 0.472 e. The molecule has 9 atom stereocenters. The van der Waals surface area contributed by atoms with Crippen molar-refractivity contribution in [3.8, 4) is 0 Å². The summed E-state index contributed by atoms with van der Waals surface area (Å²) in [6, 6.07) is 1.89. The molecule has 1 aromatic rings. The Morgan fingerprint density at radius 2 is 1.85 bits per heavy atom. The Morgan fingerprint density at radius 1 is 1.12 bits per heavy atom. The minimum atomic E-state index is -0.713. The van der Waals surface area contributed by atoms with E-state index >= 15 is 0 Å². The number of ketones is 2. The number of allylic oxidation sites excluding steroid dienone is 2. The lowest BCUT2D eigenvalue weighted by molar-refractivity contribution is -0.232. The van der Waals surface area contributed by atoms with Crippen LogP contribution in [0, 0.1) is 33.5 Å². The zero-order chi connectivity index (χ0) is 24.5. The summed E-state index contributed by atoms with van der Waals surface area (Å²) in [7, 11) is 0. The number of esters is 1. The molecule has 2 heterocycles. The fourth-order valence-corrected chi connectivity index (χ4v) is 9.55. The first-order chi connectivity index (χ1) is 15.9. The van der Waals surface area contributed by atoms with Gasteiger partial charge in [-0.25, -0.2) is 0 Å². The quantitative estimate of drug-likeness (QED) is 0.467. The number of ether oxygens (including phenoxy) is 2. The highest BCUT2D eigenvalue weighted by Gasteiger charge is 2.89. The molecule has 6 heteroatoms. The van der Waals surface area contributed by atoms with E-state index in [2.05, 4.69) is 26.8 Å². The molecule has 0 N–H and O–H groups in total. The van der Waals surface area contributed by atoms with E-state index in [1.165, 1.54) is 6.92 Å². The molecule has 4 fully saturated rings. The third-order valence-corrected chi connectivity index (χ3v) is 11.0. The molecule has 1 aromatic heterocycles. The molecular formula is C28H34O6. The Bertz CT molecular complexity index is 1130. The number of hydrogen-bond acceptors (Lipinski definition) is 6. The lowest BCUT2D eigenvalue weighted by Crippen LogP contribution is -2.70. The molecule has 6 nitrogen and oxygen atoms in total. The van der Waals surface area contributed by atoms with Crippen LogP contribution in [0.1, 0.15) is 72.3 Å². The minimum Gasteiger partial charge on any atom is -0.472 e. The van der Waals surface area contributed by atoms with Gasteiger partial charge in [-0.1, -0.05) is 40.7 Å². The number of hydrogen-bond donors (Lipinski definition) is 0. The molecule has 34 heavy (non-hydrogen) atoms. The predicted molar refractivity (Wildman–Crippen MR) is 123 cm³/mol. The van der Waals surface area contributed by atoms with Gasteiger partial charge in [0, 0.05) is 28.7 Å². The lowest BCUT2D eigenvalue weighted by Gasteiger charge is -2.67. The maximum absolute atomic E-state index is 13.7. The molecule has 1 aliphatic heterocycles. The zero-order valence-corrected chi connectivity index (χ0v) is 20.8. The molecule has 0 amide bonds. The van der Waals surface area contributed by atoms with Gasteiger partial charge in [-0.2, -0.15) is 0 Å². The van der Waals surface area contributed by atoms with Crippen molar-refractivity contribution in [3.63, 3.8) is 0 Å². The number of fused-ring (bicyclic) bond motifs is 3. The summed E-state index contributed by atoms with van der Waals surface area (Å²) in [5, 5.41) is 0. The van der Waals surface area contributed by atoms with Gasteiger partial charge < -0.3 is 13.9 Å². The summed E-state index contributed by atoms with van der Waals surface area (Å²) in [6.07, 6.45) is 8.49. The maximum atomic E-state index is 13.7. The Hall–Kier alpha value is -2.21. The first-order valence-electron chi connectivity index (χ1n) is 12.5. The summed E-state index contributed by atoms with van der Waals surface area (Å²) in [5.41, 5.74) is -1.65. The van der Waals surface area contributed by atoms with Crippen molar-refractivity contribution in [1.82, 2.24) is 0 Å². The van der Waals surface area contributed by atoms with Crippen LogP contribution in [0.15, 0.2) is 35.2 Å². The first kappa shape index (κ1) is 22.3. The van der Waals surface area contributed by atoms with Gasteiger partial charge in [-0.15, -0.1) is 0 Å². The smallest absolute Gasteiger partial charge is 0.302 e. The summed E-state index contributed by atoms with van der Waals surface area (Å²) in [6.45, 7) is 12.1.